The molecule has 0 aromatic carbocycles. The highest BCUT2D eigenvalue weighted by Gasteiger charge is 1.94. The normalized spacial score (nSPS) is 12.8. The molecule has 0 aliphatic rings. The predicted molar refractivity (Wildman–Crippen MR) is 29.1 cm³/mol. The number of rotatable bonds is 4. The van der Waals surface area contributed by atoms with Crippen LogP contribution in [0, 0.1) is 0 Å². The third-order valence-electron chi connectivity index (χ3n) is 0.728. The van der Waals surface area contributed by atoms with Crippen molar-refractivity contribution in [1.29, 1.82) is 0 Å². The fraction of sp³-hybridized carbons (Fsp3) is 0.750. The Bertz CT molecular complexity index is 67.1. The third-order valence-corrected chi connectivity index (χ3v) is 0.728. The lowest BCUT2D eigenvalue weighted by Gasteiger charge is -2.05. The molecule has 0 rings (SSSR count). The van der Waals surface area contributed by atoms with Crippen molar-refractivity contribution in [1.82, 2.24) is 10.6 Å². The van der Waals surface area contributed by atoms with Crippen LogP contribution in [-0.2, 0) is 4.79 Å². The van der Waals surface area contributed by atoms with Crippen molar-refractivity contribution in [3.63, 3.8) is 0 Å². The molecular weight excluding hydrogens is 108 g/mol. The molecule has 0 heterocycles. The molecule has 4 heteroatoms. The number of nitrogens with one attached hydrogen (secondary N) is 2. The number of carbonyl (C=O) groups excluding carboxylic acids is 1. The van der Waals surface area contributed by atoms with Crippen molar-refractivity contribution in [2.45, 2.75) is 6.23 Å². The van der Waals surface area contributed by atoms with Gasteiger partial charge in [-0.25, -0.2) is 0 Å². The quantitative estimate of drug-likeness (QED) is 0.303. The van der Waals surface area contributed by atoms with Gasteiger partial charge in [0, 0.05) is 0 Å². The fourth-order valence-electron chi connectivity index (χ4n) is 0.262. The SMILES string of the molecule is CNC(O)CNC=O. The zero-order chi connectivity index (χ0) is 6.41. The second kappa shape index (κ2) is 4.55. The van der Waals surface area contributed by atoms with E-state index in [-0.39, 0.29) is 6.54 Å². The Morgan fingerprint density at radius 1 is 1.88 bits per heavy atom. The van der Waals surface area contributed by atoms with Gasteiger partial charge in [-0.05, 0) is 7.05 Å². The van der Waals surface area contributed by atoms with Gasteiger partial charge in [0.05, 0.1) is 6.54 Å². The Balaban J connectivity index is 2.97. The average molecular weight is 118 g/mol. The second-order valence-electron chi connectivity index (χ2n) is 1.33. The summed E-state index contributed by atoms with van der Waals surface area (Å²) in [4.78, 5) is 9.58. The summed E-state index contributed by atoms with van der Waals surface area (Å²) in [7, 11) is 1.61. The number of hydrogen-bond acceptors (Lipinski definition) is 3. The molecule has 0 aliphatic heterocycles. The van der Waals surface area contributed by atoms with Crippen LogP contribution in [0.5, 0.6) is 0 Å². The summed E-state index contributed by atoms with van der Waals surface area (Å²) in [6, 6.07) is 0. The maximum atomic E-state index is 9.58. The summed E-state index contributed by atoms with van der Waals surface area (Å²) >= 11 is 0. The van der Waals surface area contributed by atoms with E-state index in [0.717, 1.165) is 0 Å². The van der Waals surface area contributed by atoms with Gasteiger partial charge >= 0.3 is 0 Å². The van der Waals surface area contributed by atoms with E-state index in [2.05, 4.69) is 10.6 Å². The minimum absolute atomic E-state index is 0.250. The Labute approximate surface area is 47.9 Å². The van der Waals surface area contributed by atoms with Gasteiger partial charge in [-0.15, -0.1) is 0 Å². The van der Waals surface area contributed by atoms with Gasteiger partial charge < -0.3 is 10.4 Å². The van der Waals surface area contributed by atoms with Gasteiger partial charge in [-0.1, -0.05) is 0 Å². The summed E-state index contributed by atoms with van der Waals surface area (Å²) in [5.41, 5.74) is 0. The van der Waals surface area contributed by atoms with Gasteiger partial charge in [0.25, 0.3) is 0 Å². The number of carbonyl (C=O) groups is 1. The van der Waals surface area contributed by atoms with Crippen molar-refractivity contribution in [3.8, 4) is 0 Å². The molecule has 0 bridgehead atoms. The highest BCUT2D eigenvalue weighted by Crippen LogP contribution is 1.65. The van der Waals surface area contributed by atoms with Crippen molar-refractivity contribution in [2.24, 2.45) is 0 Å². The molecule has 8 heavy (non-hydrogen) atoms. The Kier molecular flexibility index (Phi) is 4.20. The van der Waals surface area contributed by atoms with E-state index in [1.165, 1.54) is 0 Å². The van der Waals surface area contributed by atoms with E-state index in [1.807, 2.05) is 0 Å². The summed E-state index contributed by atoms with van der Waals surface area (Å²) in [6.45, 7) is 0.250. The van der Waals surface area contributed by atoms with E-state index in [0.29, 0.717) is 6.41 Å². The first-order valence-electron chi connectivity index (χ1n) is 2.33. The van der Waals surface area contributed by atoms with E-state index >= 15 is 0 Å². The summed E-state index contributed by atoms with van der Waals surface area (Å²) in [5.74, 6) is 0. The van der Waals surface area contributed by atoms with Crippen LogP contribution in [-0.4, -0.2) is 31.3 Å². The van der Waals surface area contributed by atoms with Crippen LogP contribution < -0.4 is 10.6 Å². The van der Waals surface area contributed by atoms with Crippen LogP contribution >= 0.6 is 0 Å². The molecule has 1 unspecified atom stereocenters. The lowest BCUT2D eigenvalue weighted by atomic mass is 10.6. The molecule has 0 aliphatic carbocycles. The maximum Gasteiger partial charge on any atom is 0.207 e. The Morgan fingerprint density at radius 3 is 2.88 bits per heavy atom. The van der Waals surface area contributed by atoms with Crippen molar-refractivity contribution >= 4 is 6.41 Å². The molecule has 0 spiro atoms. The van der Waals surface area contributed by atoms with E-state index < -0.39 is 6.23 Å². The summed E-state index contributed by atoms with van der Waals surface area (Å²) in [5, 5.41) is 13.5. The molecule has 48 valence electrons. The first-order valence-corrected chi connectivity index (χ1v) is 2.33. The van der Waals surface area contributed by atoms with E-state index in [1.54, 1.807) is 7.05 Å². The molecule has 1 amide bonds. The monoisotopic (exact) mass is 118 g/mol. The van der Waals surface area contributed by atoms with Gasteiger partial charge in [0.15, 0.2) is 0 Å². The van der Waals surface area contributed by atoms with Crippen LogP contribution in [0.25, 0.3) is 0 Å². The van der Waals surface area contributed by atoms with Crippen LogP contribution in [0.3, 0.4) is 0 Å². The predicted octanol–water partition coefficient (Wildman–Crippen LogP) is -1.73. The fourth-order valence-corrected chi connectivity index (χ4v) is 0.262. The molecule has 4 nitrogen and oxygen atoms in total. The van der Waals surface area contributed by atoms with E-state index in [9.17, 15) is 4.79 Å². The molecule has 0 saturated heterocycles. The van der Waals surface area contributed by atoms with Crippen molar-refractivity contribution in [3.05, 3.63) is 0 Å². The minimum Gasteiger partial charge on any atom is -0.377 e. The van der Waals surface area contributed by atoms with Crippen LogP contribution in [0.15, 0.2) is 0 Å². The first kappa shape index (κ1) is 7.39. The average Bonchev–Trinajstić information content (AvgIpc) is 1.83. The van der Waals surface area contributed by atoms with Crippen LogP contribution in [0.4, 0.5) is 0 Å². The summed E-state index contributed by atoms with van der Waals surface area (Å²) < 4.78 is 0. The minimum atomic E-state index is -0.639. The Hall–Kier alpha value is -0.610. The highest BCUT2D eigenvalue weighted by molar-refractivity contribution is 5.45. The molecule has 0 saturated carbocycles. The molecular formula is C4H10N2O2. The second-order valence-corrected chi connectivity index (χ2v) is 1.33. The van der Waals surface area contributed by atoms with Gasteiger partial charge in [0.1, 0.15) is 6.23 Å². The zero-order valence-electron chi connectivity index (χ0n) is 4.72. The first-order chi connectivity index (χ1) is 3.81. The molecule has 3 N–H and O–H groups in total. The molecule has 0 aromatic heterocycles. The van der Waals surface area contributed by atoms with Crippen LogP contribution in [0.1, 0.15) is 0 Å². The largest absolute Gasteiger partial charge is 0.377 e. The van der Waals surface area contributed by atoms with Crippen molar-refractivity contribution in [2.75, 3.05) is 13.6 Å². The number of likely N-dealkylation sites (N-methyl/N-ethyl adjacent to an activating group) is 1. The number of aliphatic hydroxyl groups is 1. The molecule has 0 aromatic rings. The number of hydrogen-bond donors (Lipinski definition) is 3. The lowest BCUT2D eigenvalue weighted by molar-refractivity contribution is -0.110. The lowest BCUT2D eigenvalue weighted by Crippen LogP contribution is -2.35. The third kappa shape index (κ3) is 3.58. The standard InChI is InChI=1S/C4H10N2O2/c1-5-4(8)2-6-3-7/h3-5,8H,2H2,1H3,(H,6,7). The molecule has 0 radical (unpaired) electrons. The van der Waals surface area contributed by atoms with Crippen molar-refractivity contribution < 1.29 is 9.90 Å². The zero-order valence-corrected chi connectivity index (χ0v) is 4.72. The summed E-state index contributed by atoms with van der Waals surface area (Å²) in [6.07, 6.45) is -0.0965. The van der Waals surface area contributed by atoms with Gasteiger partial charge in [0.2, 0.25) is 6.41 Å². The number of amides is 1. The van der Waals surface area contributed by atoms with Gasteiger partial charge in [-0.2, -0.15) is 0 Å². The van der Waals surface area contributed by atoms with Gasteiger partial charge in [-0.3, -0.25) is 10.1 Å². The molecule has 0 fully saturated rings. The Morgan fingerprint density at radius 2 is 2.50 bits per heavy atom. The smallest absolute Gasteiger partial charge is 0.207 e. The number of aliphatic hydroxyl groups excluding tert-OH is 1. The van der Waals surface area contributed by atoms with Crippen LogP contribution in [0.2, 0.25) is 0 Å². The highest BCUT2D eigenvalue weighted by atomic mass is 16.3. The maximum absolute atomic E-state index is 9.58. The molecule has 1 atom stereocenters. The topological polar surface area (TPSA) is 61.4 Å². The van der Waals surface area contributed by atoms with E-state index in [4.69, 9.17) is 5.11 Å².